The van der Waals surface area contributed by atoms with E-state index in [1.165, 1.54) is 17.4 Å². The number of amides is 2. The van der Waals surface area contributed by atoms with Crippen molar-refractivity contribution in [1.29, 1.82) is 0 Å². The molecule has 0 saturated heterocycles. The van der Waals surface area contributed by atoms with E-state index >= 15 is 0 Å². The fraction of sp³-hybridized carbons (Fsp3) is 0.421. The molecule has 0 aliphatic heterocycles. The van der Waals surface area contributed by atoms with Crippen molar-refractivity contribution in [2.24, 2.45) is 5.92 Å². The van der Waals surface area contributed by atoms with Crippen LogP contribution in [0.15, 0.2) is 24.3 Å². The molecular formula is C19H22FN3O2S. The number of hydrogen-bond acceptors (Lipinski definition) is 4. The lowest BCUT2D eigenvalue weighted by Gasteiger charge is -2.09. The number of hydrogen-bond donors (Lipinski definition) is 2. The largest absolute Gasteiger partial charge is 0.347 e. The molecule has 5 nitrogen and oxygen atoms in total. The van der Waals surface area contributed by atoms with E-state index in [0.717, 1.165) is 36.3 Å². The summed E-state index contributed by atoms with van der Waals surface area (Å²) in [6.45, 7) is 1.78. The first-order chi connectivity index (χ1) is 12.5. The molecule has 1 aliphatic rings. The second-order valence-electron chi connectivity index (χ2n) is 6.54. The Labute approximate surface area is 156 Å². The van der Waals surface area contributed by atoms with Gasteiger partial charge in [-0.3, -0.25) is 9.59 Å². The normalized spacial score (nSPS) is 14.4. The number of aromatic nitrogens is 1. The lowest BCUT2D eigenvalue weighted by atomic mass is 10.1. The first-order valence-corrected chi connectivity index (χ1v) is 9.62. The molecule has 1 aromatic heterocycles. The van der Waals surface area contributed by atoms with Gasteiger partial charge in [0.25, 0.3) is 0 Å². The van der Waals surface area contributed by atoms with Gasteiger partial charge in [0.2, 0.25) is 11.8 Å². The van der Waals surface area contributed by atoms with Crippen LogP contribution in [-0.4, -0.2) is 23.3 Å². The average Bonchev–Trinajstić information content (AvgIpc) is 3.25. The van der Waals surface area contributed by atoms with E-state index in [9.17, 15) is 14.0 Å². The molecule has 0 bridgehead atoms. The molecule has 2 aromatic rings. The van der Waals surface area contributed by atoms with E-state index in [4.69, 9.17) is 0 Å². The van der Waals surface area contributed by atoms with Crippen molar-refractivity contribution in [2.45, 2.75) is 39.0 Å². The third kappa shape index (κ3) is 4.66. The number of carbonyl (C=O) groups excluding carboxylic acids is 2. The minimum atomic E-state index is -0.303. The van der Waals surface area contributed by atoms with Gasteiger partial charge < -0.3 is 10.6 Å². The van der Waals surface area contributed by atoms with Crippen LogP contribution in [0.5, 0.6) is 0 Å². The highest BCUT2D eigenvalue weighted by molar-refractivity contribution is 7.15. The number of thiazole rings is 1. The summed E-state index contributed by atoms with van der Waals surface area (Å²) in [4.78, 5) is 29.2. The van der Waals surface area contributed by atoms with Crippen molar-refractivity contribution < 1.29 is 14.0 Å². The quantitative estimate of drug-likeness (QED) is 0.813. The Hall–Kier alpha value is -2.28. The maximum absolute atomic E-state index is 13.8. The van der Waals surface area contributed by atoms with Crippen molar-refractivity contribution >= 4 is 28.3 Å². The standard InChI is InChI=1S/C19H22FN3O2S/c1-12-16(10-14-8-4-5-9-15(14)20)26-19(22-12)23-17(24)11-21-18(25)13-6-2-3-7-13/h4-5,8-9,13H,2-3,6-7,10-11H2,1H3,(H,21,25)(H,22,23,24). The lowest BCUT2D eigenvalue weighted by molar-refractivity contribution is -0.127. The number of rotatable bonds is 6. The number of nitrogens with one attached hydrogen (secondary N) is 2. The minimum Gasteiger partial charge on any atom is -0.347 e. The van der Waals surface area contributed by atoms with Gasteiger partial charge in [-0.15, -0.1) is 11.3 Å². The van der Waals surface area contributed by atoms with Crippen LogP contribution in [0.25, 0.3) is 0 Å². The van der Waals surface area contributed by atoms with Gasteiger partial charge in [0.15, 0.2) is 5.13 Å². The smallest absolute Gasteiger partial charge is 0.245 e. The predicted molar refractivity (Wildman–Crippen MR) is 99.7 cm³/mol. The van der Waals surface area contributed by atoms with Crippen molar-refractivity contribution in [3.8, 4) is 0 Å². The summed E-state index contributed by atoms with van der Waals surface area (Å²) in [6.07, 6.45) is 4.39. The molecule has 1 aromatic carbocycles. The van der Waals surface area contributed by atoms with Gasteiger partial charge in [-0.25, -0.2) is 9.37 Å². The van der Waals surface area contributed by atoms with Crippen molar-refractivity contribution in [3.05, 3.63) is 46.2 Å². The Kier molecular flexibility index (Phi) is 5.98. The fourth-order valence-corrected chi connectivity index (χ4v) is 4.13. The van der Waals surface area contributed by atoms with Gasteiger partial charge in [-0.1, -0.05) is 31.0 Å². The molecule has 0 spiro atoms. The summed E-state index contributed by atoms with van der Waals surface area (Å²) < 4.78 is 13.8. The van der Waals surface area contributed by atoms with Crippen LogP contribution < -0.4 is 10.6 Å². The van der Waals surface area contributed by atoms with Crippen molar-refractivity contribution in [1.82, 2.24) is 10.3 Å². The van der Waals surface area contributed by atoms with Crippen LogP contribution in [0.2, 0.25) is 0 Å². The number of aryl methyl sites for hydroxylation is 1. The number of benzene rings is 1. The highest BCUT2D eigenvalue weighted by Gasteiger charge is 2.23. The van der Waals surface area contributed by atoms with Gasteiger partial charge in [0.05, 0.1) is 12.2 Å². The van der Waals surface area contributed by atoms with Crippen LogP contribution in [0.1, 0.15) is 41.8 Å². The molecule has 0 atom stereocenters. The second kappa shape index (κ2) is 8.40. The van der Waals surface area contributed by atoms with Crippen molar-refractivity contribution in [3.63, 3.8) is 0 Å². The Bertz CT molecular complexity index is 800. The molecule has 26 heavy (non-hydrogen) atoms. The maximum atomic E-state index is 13.8. The first-order valence-electron chi connectivity index (χ1n) is 8.80. The molecule has 2 amide bonds. The summed E-state index contributed by atoms with van der Waals surface area (Å²) in [5.74, 6) is -0.562. The molecule has 1 saturated carbocycles. The molecule has 1 heterocycles. The fourth-order valence-electron chi connectivity index (χ4n) is 3.12. The zero-order valence-corrected chi connectivity index (χ0v) is 15.5. The summed E-state index contributed by atoms with van der Waals surface area (Å²) in [6, 6.07) is 6.63. The molecule has 1 fully saturated rings. The Balaban J connectivity index is 1.54. The average molecular weight is 375 g/mol. The summed E-state index contributed by atoms with van der Waals surface area (Å²) in [5, 5.41) is 5.87. The number of carbonyl (C=O) groups is 2. The Morgan fingerprint density at radius 2 is 2.00 bits per heavy atom. The lowest BCUT2D eigenvalue weighted by Crippen LogP contribution is -2.36. The molecule has 2 N–H and O–H groups in total. The van der Waals surface area contributed by atoms with Gasteiger partial charge in [0, 0.05) is 17.2 Å². The van der Waals surface area contributed by atoms with Gasteiger partial charge in [-0.2, -0.15) is 0 Å². The van der Waals surface area contributed by atoms with E-state index in [2.05, 4.69) is 15.6 Å². The SMILES string of the molecule is Cc1nc(NC(=O)CNC(=O)C2CCCC2)sc1Cc1ccccc1F. The number of anilines is 1. The third-order valence-corrected chi connectivity index (χ3v) is 5.67. The number of nitrogens with zero attached hydrogens (tertiary/aromatic N) is 1. The third-order valence-electron chi connectivity index (χ3n) is 4.60. The molecule has 1 aliphatic carbocycles. The number of halogens is 1. The van der Waals surface area contributed by atoms with Crippen LogP contribution in [0, 0.1) is 18.7 Å². The van der Waals surface area contributed by atoms with E-state index in [1.54, 1.807) is 18.2 Å². The van der Waals surface area contributed by atoms with E-state index in [-0.39, 0.29) is 30.1 Å². The van der Waals surface area contributed by atoms with Gasteiger partial charge in [-0.05, 0) is 31.4 Å². The maximum Gasteiger partial charge on any atom is 0.245 e. The molecular weight excluding hydrogens is 353 g/mol. The van der Waals surface area contributed by atoms with E-state index in [1.807, 2.05) is 6.92 Å². The Morgan fingerprint density at radius 1 is 1.27 bits per heavy atom. The van der Waals surface area contributed by atoms with Gasteiger partial charge in [0.1, 0.15) is 5.82 Å². The first kappa shape index (κ1) is 18.5. The molecule has 0 unspecified atom stereocenters. The van der Waals surface area contributed by atoms with Gasteiger partial charge >= 0.3 is 0 Å². The van der Waals surface area contributed by atoms with Crippen LogP contribution in [0.4, 0.5) is 9.52 Å². The minimum absolute atomic E-state index is 0.0391. The van der Waals surface area contributed by atoms with Crippen LogP contribution in [-0.2, 0) is 16.0 Å². The highest BCUT2D eigenvalue weighted by atomic mass is 32.1. The van der Waals surface area contributed by atoms with E-state index in [0.29, 0.717) is 17.1 Å². The molecule has 3 rings (SSSR count). The van der Waals surface area contributed by atoms with Crippen LogP contribution >= 0.6 is 11.3 Å². The highest BCUT2D eigenvalue weighted by Crippen LogP contribution is 2.26. The Morgan fingerprint density at radius 3 is 2.73 bits per heavy atom. The summed E-state index contributed by atoms with van der Waals surface area (Å²) in [7, 11) is 0. The summed E-state index contributed by atoms with van der Waals surface area (Å²) in [5.41, 5.74) is 1.37. The summed E-state index contributed by atoms with van der Waals surface area (Å²) >= 11 is 1.33. The molecule has 0 radical (unpaired) electrons. The predicted octanol–water partition coefficient (Wildman–Crippen LogP) is 3.43. The zero-order valence-electron chi connectivity index (χ0n) is 14.7. The molecule has 7 heteroatoms. The topological polar surface area (TPSA) is 71.1 Å². The second-order valence-corrected chi connectivity index (χ2v) is 7.63. The molecule has 138 valence electrons. The van der Waals surface area contributed by atoms with Crippen LogP contribution in [0.3, 0.4) is 0 Å². The zero-order chi connectivity index (χ0) is 18.5. The monoisotopic (exact) mass is 375 g/mol. The van der Waals surface area contributed by atoms with E-state index < -0.39 is 0 Å². The van der Waals surface area contributed by atoms with Crippen molar-refractivity contribution in [2.75, 3.05) is 11.9 Å².